The van der Waals surface area contributed by atoms with Crippen LogP contribution in [-0.2, 0) is 6.42 Å². The molecule has 3 heteroatoms. The number of hydrogen-bond donors (Lipinski definition) is 0. The highest BCUT2D eigenvalue weighted by Crippen LogP contribution is 2.17. The first-order valence-corrected chi connectivity index (χ1v) is 5.52. The van der Waals surface area contributed by atoms with Crippen LogP contribution in [0.4, 0.5) is 0 Å². The van der Waals surface area contributed by atoms with Gasteiger partial charge in [0, 0.05) is 29.6 Å². The highest BCUT2D eigenvalue weighted by Gasteiger charge is 2.03. The summed E-state index contributed by atoms with van der Waals surface area (Å²) in [6, 6.07) is 12.2. The molecule has 0 unspecified atom stereocenters. The molecule has 17 heavy (non-hydrogen) atoms. The molecule has 0 radical (unpaired) electrons. The monoisotopic (exact) mass is 221 g/mol. The molecule has 0 aliphatic rings. The quantitative estimate of drug-likeness (QED) is 0.667. The lowest BCUT2D eigenvalue weighted by molar-refractivity contribution is 0.954. The number of pyridine rings is 1. The second-order valence-corrected chi connectivity index (χ2v) is 3.92. The van der Waals surface area contributed by atoms with Crippen LogP contribution in [-0.4, -0.2) is 15.2 Å². The first-order chi connectivity index (χ1) is 8.43. The van der Waals surface area contributed by atoms with Crippen molar-refractivity contribution in [3.8, 4) is 0 Å². The largest absolute Gasteiger partial charge is 0.264 e. The molecule has 0 spiro atoms. The van der Waals surface area contributed by atoms with Gasteiger partial charge in [0.1, 0.15) is 0 Å². The second kappa shape index (κ2) is 4.29. The maximum Gasteiger partial charge on any atom is 0.0753 e. The van der Waals surface area contributed by atoms with E-state index < -0.39 is 0 Å². The number of rotatable bonds is 2. The van der Waals surface area contributed by atoms with Crippen LogP contribution in [0, 0.1) is 0 Å². The second-order valence-electron chi connectivity index (χ2n) is 3.92. The standard InChI is InChI=1S/C14H11N3/c1-2-6-13-12(5-1)10-16-17-14(13)8-11-4-3-7-15-9-11/h1-7,9-10H,8H2. The Morgan fingerprint density at radius 1 is 0.941 bits per heavy atom. The van der Waals surface area contributed by atoms with Crippen molar-refractivity contribution in [1.29, 1.82) is 0 Å². The van der Waals surface area contributed by atoms with Crippen molar-refractivity contribution in [2.24, 2.45) is 0 Å². The maximum absolute atomic E-state index is 4.22. The van der Waals surface area contributed by atoms with Gasteiger partial charge in [-0.15, -0.1) is 0 Å². The summed E-state index contributed by atoms with van der Waals surface area (Å²) in [5.74, 6) is 0. The summed E-state index contributed by atoms with van der Waals surface area (Å²) in [4.78, 5) is 4.11. The lowest BCUT2D eigenvalue weighted by Crippen LogP contribution is -1.96. The average molecular weight is 221 g/mol. The molecule has 2 heterocycles. The van der Waals surface area contributed by atoms with E-state index in [-0.39, 0.29) is 0 Å². The number of aromatic nitrogens is 3. The van der Waals surface area contributed by atoms with Gasteiger partial charge >= 0.3 is 0 Å². The van der Waals surface area contributed by atoms with Gasteiger partial charge in [-0.25, -0.2) is 0 Å². The van der Waals surface area contributed by atoms with Crippen molar-refractivity contribution in [2.45, 2.75) is 6.42 Å². The first-order valence-electron chi connectivity index (χ1n) is 5.52. The molecule has 0 fully saturated rings. The third kappa shape index (κ3) is 1.99. The smallest absolute Gasteiger partial charge is 0.0753 e. The van der Waals surface area contributed by atoms with Crippen molar-refractivity contribution < 1.29 is 0 Å². The van der Waals surface area contributed by atoms with E-state index in [1.165, 1.54) is 0 Å². The summed E-state index contributed by atoms with van der Waals surface area (Å²) in [6.45, 7) is 0. The Morgan fingerprint density at radius 2 is 1.88 bits per heavy atom. The minimum absolute atomic E-state index is 0.766. The topological polar surface area (TPSA) is 38.7 Å². The van der Waals surface area contributed by atoms with Gasteiger partial charge < -0.3 is 0 Å². The summed E-state index contributed by atoms with van der Waals surface area (Å²) in [5.41, 5.74) is 2.15. The molecule has 0 saturated carbocycles. The average Bonchev–Trinajstić information content (AvgIpc) is 2.40. The van der Waals surface area contributed by atoms with Crippen LogP contribution in [0.15, 0.2) is 55.0 Å². The Labute approximate surface area is 99.2 Å². The number of benzene rings is 1. The summed E-state index contributed by atoms with van der Waals surface area (Å²) < 4.78 is 0. The molecule has 0 bridgehead atoms. The van der Waals surface area contributed by atoms with Crippen molar-refractivity contribution in [3.63, 3.8) is 0 Å². The Balaban J connectivity index is 2.06. The molecule has 3 rings (SSSR count). The fraction of sp³-hybridized carbons (Fsp3) is 0.0714. The third-order valence-corrected chi connectivity index (χ3v) is 2.74. The van der Waals surface area contributed by atoms with Crippen LogP contribution in [0.25, 0.3) is 10.8 Å². The lowest BCUT2D eigenvalue weighted by atomic mass is 10.1. The van der Waals surface area contributed by atoms with Crippen molar-refractivity contribution in [2.75, 3.05) is 0 Å². The van der Waals surface area contributed by atoms with Crippen LogP contribution in [0.2, 0.25) is 0 Å². The molecule has 0 amide bonds. The highest BCUT2D eigenvalue weighted by molar-refractivity contribution is 5.83. The van der Waals surface area contributed by atoms with E-state index in [0.717, 1.165) is 28.5 Å². The zero-order valence-corrected chi connectivity index (χ0v) is 9.24. The van der Waals surface area contributed by atoms with Gasteiger partial charge in [0.05, 0.1) is 11.9 Å². The fourth-order valence-corrected chi connectivity index (χ4v) is 1.91. The molecular weight excluding hydrogens is 210 g/mol. The summed E-state index contributed by atoms with van der Waals surface area (Å²) in [6.07, 6.45) is 6.20. The molecular formula is C14H11N3. The Morgan fingerprint density at radius 3 is 2.76 bits per heavy atom. The van der Waals surface area contributed by atoms with E-state index in [1.807, 2.05) is 24.4 Å². The molecule has 3 nitrogen and oxygen atoms in total. The first kappa shape index (κ1) is 9.90. The molecule has 2 aromatic heterocycles. The molecule has 0 aliphatic carbocycles. The van der Waals surface area contributed by atoms with Crippen LogP contribution < -0.4 is 0 Å². The van der Waals surface area contributed by atoms with Gasteiger partial charge in [0.25, 0.3) is 0 Å². The summed E-state index contributed by atoms with van der Waals surface area (Å²) >= 11 is 0. The maximum atomic E-state index is 4.22. The van der Waals surface area contributed by atoms with Gasteiger partial charge in [-0.3, -0.25) is 4.98 Å². The molecule has 0 saturated heterocycles. The zero-order valence-electron chi connectivity index (χ0n) is 9.24. The molecule has 1 aromatic carbocycles. The predicted octanol–water partition coefficient (Wildman–Crippen LogP) is 2.62. The number of hydrogen-bond acceptors (Lipinski definition) is 3. The van der Waals surface area contributed by atoms with Crippen LogP contribution >= 0.6 is 0 Å². The lowest BCUT2D eigenvalue weighted by Gasteiger charge is -2.03. The Kier molecular flexibility index (Phi) is 2.50. The van der Waals surface area contributed by atoms with Crippen LogP contribution in [0.3, 0.4) is 0 Å². The predicted molar refractivity (Wildman–Crippen MR) is 66.6 cm³/mol. The van der Waals surface area contributed by atoms with Crippen LogP contribution in [0.1, 0.15) is 11.3 Å². The Hall–Kier alpha value is -2.29. The van der Waals surface area contributed by atoms with Gasteiger partial charge in [0.2, 0.25) is 0 Å². The molecule has 0 N–H and O–H groups in total. The van der Waals surface area contributed by atoms with Crippen molar-refractivity contribution in [1.82, 2.24) is 15.2 Å². The zero-order chi connectivity index (χ0) is 11.5. The van der Waals surface area contributed by atoms with Gasteiger partial charge in [-0.05, 0) is 11.6 Å². The molecule has 0 aliphatic heterocycles. The summed E-state index contributed by atoms with van der Waals surface area (Å²) in [5, 5.41) is 10.5. The van der Waals surface area contributed by atoms with E-state index >= 15 is 0 Å². The van der Waals surface area contributed by atoms with E-state index in [2.05, 4.69) is 33.4 Å². The third-order valence-electron chi connectivity index (χ3n) is 2.74. The van der Waals surface area contributed by atoms with Crippen LogP contribution in [0.5, 0.6) is 0 Å². The molecule has 0 atom stereocenters. The van der Waals surface area contributed by atoms with Gasteiger partial charge in [-0.2, -0.15) is 10.2 Å². The van der Waals surface area contributed by atoms with E-state index in [9.17, 15) is 0 Å². The SMILES string of the molecule is c1cncc(Cc2nncc3ccccc23)c1. The van der Waals surface area contributed by atoms with E-state index in [1.54, 1.807) is 12.4 Å². The summed E-state index contributed by atoms with van der Waals surface area (Å²) in [7, 11) is 0. The minimum Gasteiger partial charge on any atom is -0.264 e. The van der Waals surface area contributed by atoms with Crippen molar-refractivity contribution in [3.05, 3.63) is 66.2 Å². The highest BCUT2D eigenvalue weighted by atomic mass is 15.1. The molecule has 3 aromatic rings. The fourth-order valence-electron chi connectivity index (χ4n) is 1.91. The number of nitrogens with zero attached hydrogens (tertiary/aromatic N) is 3. The van der Waals surface area contributed by atoms with E-state index in [0.29, 0.717) is 0 Å². The molecule has 82 valence electrons. The Bertz CT molecular complexity index is 630. The van der Waals surface area contributed by atoms with Gasteiger partial charge in [-0.1, -0.05) is 30.3 Å². The number of fused-ring (bicyclic) bond motifs is 1. The van der Waals surface area contributed by atoms with Gasteiger partial charge in [0.15, 0.2) is 0 Å². The normalized spacial score (nSPS) is 10.6. The minimum atomic E-state index is 0.766. The van der Waals surface area contributed by atoms with E-state index in [4.69, 9.17) is 0 Å². The van der Waals surface area contributed by atoms with Crippen molar-refractivity contribution >= 4 is 10.8 Å².